The zero-order chi connectivity index (χ0) is 15.8. The summed E-state index contributed by atoms with van der Waals surface area (Å²) in [5.41, 5.74) is 2.68. The lowest BCUT2D eigenvalue weighted by molar-refractivity contribution is 0.0934. The van der Waals surface area contributed by atoms with Crippen molar-refractivity contribution in [1.29, 1.82) is 0 Å². The van der Waals surface area contributed by atoms with Crippen LogP contribution >= 0.6 is 0 Å². The molecule has 1 heterocycles. The van der Waals surface area contributed by atoms with Crippen molar-refractivity contribution in [3.05, 3.63) is 59.9 Å². The van der Waals surface area contributed by atoms with Gasteiger partial charge >= 0.3 is 0 Å². The van der Waals surface area contributed by atoms with E-state index in [-0.39, 0.29) is 11.9 Å². The Morgan fingerprint density at radius 3 is 2.59 bits per heavy atom. The maximum atomic E-state index is 11.9. The first-order valence-corrected chi connectivity index (χ1v) is 7.73. The maximum absolute atomic E-state index is 11.9. The molecule has 0 bridgehead atoms. The van der Waals surface area contributed by atoms with E-state index in [1.807, 2.05) is 38.1 Å². The third-order valence-corrected chi connectivity index (χ3v) is 3.57. The van der Waals surface area contributed by atoms with Crippen LogP contribution in [-0.2, 0) is 6.42 Å². The van der Waals surface area contributed by atoms with Crippen molar-refractivity contribution in [1.82, 2.24) is 10.3 Å². The molecule has 0 aliphatic rings. The molecule has 0 saturated carbocycles. The van der Waals surface area contributed by atoms with Gasteiger partial charge in [-0.05, 0) is 37.5 Å². The van der Waals surface area contributed by atoms with Crippen molar-refractivity contribution in [3.8, 4) is 0 Å². The zero-order valence-electron chi connectivity index (χ0n) is 13.2. The number of hydrogen-bond donors (Lipinski definition) is 2. The number of rotatable bonds is 7. The summed E-state index contributed by atoms with van der Waals surface area (Å²) >= 11 is 0. The summed E-state index contributed by atoms with van der Waals surface area (Å²) in [4.78, 5) is 16.1. The third-order valence-electron chi connectivity index (χ3n) is 3.57. The molecule has 1 atom stereocenters. The third kappa shape index (κ3) is 4.88. The standard InChI is InChI=1S/C18H23N3O/c1-3-14(2)21-18(22)17-10-9-16(13-20-17)19-12-11-15-7-5-4-6-8-15/h4-10,13-14,19H,3,11-12H2,1-2H3,(H,21,22). The highest BCUT2D eigenvalue weighted by molar-refractivity contribution is 5.92. The van der Waals surface area contributed by atoms with Crippen LogP contribution in [0.5, 0.6) is 0 Å². The Kier molecular flexibility index (Phi) is 5.95. The lowest BCUT2D eigenvalue weighted by atomic mass is 10.1. The van der Waals surface area contributed by atoms with E-state index in [2.05, 4.69) is 27.8 Å². The first-order chi connectivity index (χ1) is 10.7. The molecule has 1 aromatic carbocycles. The number of anilines is 1. The van der Waals surface area contributed by atoms with E-state index in [0.717, 1.165) is 25.1 Å². The average Bonchev–Trinajstić information content (AvgIpc) is 2.56. The smallest absolute Gasteiger partial charge is 0.270 e. The largest absolute Gasteiger partial charge is 0.383 e. The highest BCUT2D eigenvalue weighted by Crippen LogP contribution is 2.07. The quantitative estimate of drug-likeness (QED) is 0.824. The van der Waals surface area contributed by atoms with Crippen molar-refractivity contribution in [2.45, 2.75) is 32.7 Å². The van der Waals surface area contributed by atoms with Crippen LogP contribution in [-0.4, -0.2) is 23.5 Å². The van der Waals surface area contributed by atoms with Gasteiger partial charge in [0.25, 0.3) is 5.91 Å². The molecule has 4 nitrogen and oxygen atoms in total. The second-order valence-electron chi connectivity index (χ2n) is 5.38. The molecule has 2 N–H and O–H groups in total. The van der Waals surface area contributed by atoms with Crippen LogP contribution in [0.2, 0.25) is 0 Å². The molecule has 1 unspecified atom stereocenters. The molecule has 1 aromatic heterocycles. The number of carbonyl (C=O) groups excluding carboxylic acids is 1. The number of aromatic nitrogens is 1. The molecule has 116 valence electrons. The Labute approximate surface area is 132 Å². The molecule has 4 heteroatoms. The number of hydrogen-bond acceptors (Lipinski definition) is 3. The molecule has 22 heavy (non-hydrogen) atoms. The van der Waals surface area contributed by atoms with E-state index in [1.165, 1.54) is 5.56 Å². The lowest BCUT2D eigenvalue weighted by Crippen LogP contribution is -2.32. The average molecular weight is 297 g/mol. The van der Waals surface area contributed by atoms with Gasteiger partial charge in [0.1, 0.15) is 5.69 Å². The number of benzene rings is 1. The van der Waals surface area contributed by atoms with Gasteiger partial charge in [0.15, 0.2) is 0 Å². The van der Waals surface area contributed by atoms with Crippen LogP contribution in [0.1, 0.15) is 36.3 Å². The normalized spacial score (nSPS) is 11.7. The van der Waals surface area contributed by atoms with Crippen LogP contribution < -0.4 is 10.6 Å². The van der Waals surface area contributed by atoms with Crippen molar-refractivity contribution in [2.24, 2.45) is 0 Å². The predicted octanol–water partition coefficient (Wildman–Crippen LogP) is 3.26. The number of pyridine rings is 1. The van der Waals surface area contributed by atoms with E-state index in [1.54, 1.807) is 12.3 Å². The fraction of sp³-hybridized carbons (Fsp3) is 0.333. The van der Waals surface area contributed by atoms with E-state index >= 15 is 0 Å². The summed E-state index contributed by atoms with van der Waals surface area (Å²) in [6.45, 7) is 4.86. The van der Waals surface area contributed by atoms with Gasteiger partial charge in [-0.25, -0.2) is 4.98 Å². The Hall–Kier alpha value is -2.36. The van der Waals surface area contributed by atoms with Gasteiger partial charge in [0, 0.05) is 12.6 Å². The molecule has 2 aromatic rings. The van der Waals surface area contributed by atoms with Crippen molar-refractivity contribution in [2.75, 3.05) is 11.9 Å². The first-order valence-electron chi connectivity index (χ1n) is 7.73. The topological polar surface area (TPSA) is 54.0 Å². The first kappa shape index (κ1) is 16.0. The summed E-state index contributed by atoms with van der Waals surface area (Å²) in [6, 6.07) is 14.1. The van der Waals surface area contributed by atoms with Gasteiger partial charge in [-0.15, -0.1) is 0 Å². The van der Waals surface area contributed by atoms with E-state index in [4.69, 9.17) is 0 Å². The lowest BCUT2D eigenvalue weighted by Gasteiger charge is -2.11. The molecular weight excluding hydrogens is 274 g/mol. The summed E-state index contributed by atoms with van der Waals surface area (Å²) in [6.07, 6.45) is 3.57. The molecule has 0 aliphatic heterocycles. The fourth-order valence-electron chi connectivity index (χ4n) is 2.03. The Morgan fingerprint density at radius 1 is 1.18 bits per heavy atom. The maximum Gasteiger partial charge on any atom is 0.270 e. The monoisotopic (exact) mass is 297 g/mol. The molecule has 2 rings (SSSR count). The highest BCUT2D eigenvalue weighted by Gasteiger charge is 2.09. The Bertz CT molecular complexity index is 581. The van der Waals surface area contributed by atoms with Crippen LogP contribution in [0.15, 0.2) is 48.7 Å². The fourth-order valence-corrected chi connectivity index (χ4v) is 2.03. The van der Waals surface area contributed by atoms with Gasteiger partial charge in [-0.2, -0.15) is 0 Å². The van der Waals surface area contributed by atoms with Crippen molar-refractivity contribution < 1.29 is 4.79 Å². The number of amides is 1. The summed E-state index contributed by atoms with van der Waals surface area (Å²) < 4.78 is 0. The van der Waals surface area contributed by atoms with Crippen molar-refractivity contribution in [3.63, 3.8) is 0 Å². The van der Waals surface area contributed by atoms with E-state index in [0.29, 0.717) is 5.69 Å². The van der Waals surface area contributed by atoms with Gasteiger partial charge in [-0.3, -0.25) is 4.79 Å². The van der Waals surface area contributed by atoms with Gasteiger partial charge in [0.05, 0.1) is 11.9 Å². The summed E-state index contributed by atoms with van der Waals surface area (Å²) in [5.74, 6) is -0.120. The Morgan fingerprint density at radius 2 is 1.95 bits per heavy atom. The minimum atomic E-state index is -0.120. The molecule has 0 aliphatic carbocycles. The molecule has 1 amide bonds. The Balaban J connectivity index is 1.83. The van der Waals surface area contributed by atoms with Gasteiger partial charge < -0.3 is 10.6 Å². The van der Waals surface area contributed by atoms with E-state index < -0.39 is 0 Å². The summed E-state index contributed by atoms with van der Waals surface area (Å²) in [5, 5.41) is 6.23. The van der Waals surface area contributed by atoms with Crippen LogP contribution in [0.4, 0.5) is 5.69 Å². The molecule has 0 radical (unpaired) electrons. The van der Waals surface area contributed by atoms with Crippen LogP contribution in [0.25, 0.3) is 0 Å². The zero-order valence-corrected chi connectivity index (χ0v) is 13.2. The minimum absolute atomic E-state index is 0.120. The number of nitrogens with zero attached hydrogens (tertiary/aromatic N) is 1. The molecule has 0 fully saturated rings. The van der Waals surface area contributed by atoms with Crippen LogP contribution in [0.3, 0.4) is 0 Å². The minimum Gasteiger partial charge on any atom is -0.383 e. The molecular formula is C18H23N3O. The number of nitrogens with one attached hydrogen (secondary N) is 2. The van der Waals surface area contributed by atoms with E-state index in [9.17, 15) is 4.79 Å². The van der Waals surface area contributed by atoms with Crippen LogP contribution in [0, 0.1) is 0 Å². The predicted molar refractivity (Wildman–Crippen MR) is 90.1 cm³/mol. The number of carbonyl (C=O) groups is 1. The van der Waals surface area contributed by atoms with Crippen molar-refractivity contribution >= 4 is 11.6 Å². The molecule has 0 spiro atoms. The second kappa shape index (κ2) is 8.17. The highest BCUT2D eigenvalue weighted by atomic mass is 16.1. The molecule has 0 saturated heterocycles. The second-order valence-corrected chi connectivity index (χ2v) is 5.38. The van der Waals surface area contributed by atoms with Gasteiger partial charge in [-0.1, -0.05) is 37.3 Å². The van der Waals surface area contributed by atoms with Gasteiger partial charge in [0.2, 0.25) is 0 Å². The SMILES string of the molecule is CCC(C)NC(=O)c1ccc(NCCc2ccccc2)cn1. The summed E-state index contributed by atoms with van der Waals surface area (Å²) in [7, 11) is 0.